The van der Waals surface area contributed by atoms with Crippen molar-refractivity contribution in [2.75, 3.05) is 26.0 Å². The molecule has 31 heavy (non-hydrogen) atoms. The van der Waals surface area contributed by atoms with Gasteiger partial charge in [-0.25, -0.2) is 4.98 Å². The molecule has 0 saturated heterocycles. The van der Waals surface area contributed by atoms with Crippen LogP contribution in [-0.2, 0) is 23.4 Å². The van der Waals surface area contributed by atoms with E-state index in [4.69, 9.17) is 4.74 Å². The Hall–Kier alpha value is -2.32. The summed E-state index contributed by atoms with van der Waals surface area (Å²) in [4.78, 5) is 36.4. The van der Waals surface area contributed by atoms with Gasteiger partial charge in [0.2, 0.25) is 5.91 Å². The van der Waals surface area contributed by atoms with Gasteiger partial charge in [-0.2, -0.15) is 0 Å². The molecule has 0 fully saturated rings. The average Bonchev–Trinajstić information content (AvgIpc) is 3.13. The predicted octanol–water partition coefficient (Wildman–Crippen LogP) is 3.94. The number of rotatable bonds is 8. The second-order valence-corrected chi connectivity index (χ2v) is 9.89. The number of H-pyrrole nitrogens is 1. The number of carbonyl (C=O) groups excluding carboxylic acids is 1. The number of fused-ring (bicyclic) bond motifs is 3. The fourth-order valence-electron chi connectivity index (χ4n) is 3.76. The van der Waals surface area contributed by atoms with Gasteiger partial charge in [0, 0.05) is 11.9 Å². The zero-order chi connectivity index (χ0) is 21.8. The number of aryl methyl sites for hydroxylation is 3. The number of benzene rings is 1. The third-order valence-corrected chi connectivity index (χ3v) is 7.66. The molecule has 1 amide bonds. The van der Waals surface area contributed by atoms with Crippen molar-refractivity contribution in [3.8, 4) is 5.75 Å². The van der Waals surface area contributed by atoms with Crippen molar-refractivity contribution in [2.24, 2.45) is 0 Å². The molecule has 1 aliphatic rings. The van der Waals surface area contributed by atoms with E-state index in [9.17, 15) is 9.59 Å². The van der Waals surface area contributed by atoms with Gasteiger partial charge in [0.15, 0.2) is 0 Å². The van der Waals surface area contributed by atoms with Crippen molar-refractivity contribution >= 4 is 39.2 Å². The average molecular weight is 458 g/mol. The molecule has 0 spiro atoms. The van der Waals surface area contributed by atoms with Crippen LogP contribution in [0.15, 0.2) is 29.1 Å². The number of thiophene rings is 1. The van der Waals surface area contributed by atoms with Gasteiger partial charge in [0.25, 0.3) is 5.56 Å². The predicted molar refractivity (Wildman–Crippen MR) is 127 cm³/mol. The standard InChI is InChI=1S/C23H27N3O3S2/c1-15-7-3-5-9-17(15)29-12-11-26(2)20(27)14-30-13-19-24-22(28)21-16-8-4-6-10-18(16)31-23(21)25-19/h3,5,7,9H,4,6,8,10-14H2,1-2H3,(H,24,25,28). The number of nitrogens with one attached hydrogen (secondary N) is 1. The number of hydrogen-bond acceptors (Lipinski definition) is 6. The summed E-state index contributed by atoms with van der Waals surface area (Å²) in [5.74, 6) is 2.36. The first kappa shape index (κ1) is 21.9. The van der Waals surface area contributed by atoms with Gasteiger partial charge in [-0.1, -0.05) is 18.2 Å². The Kier molecular flexibility index (Phi) is 6.97. The first-order chi connectivity index (χ1) is 15.0. The Labute approximate surface area is 190 Å². The van der Waals surface area contributed by atoms with E-state index in [1.54, 1.807) is 23.3 Å². The second-order valence-electron chi connectivity index (χ2n) is 7.83. The quantitative estimate of drug-likeness (QED) is 0.555. The van der Waals surface area contributed by atoms with Crippen molar-refractivity contribution in [3.63, 3.8) is 0 Å². The summed E-state index contributed by atoms with van der Waals surface area (Å²) >= 11 is 3.12. The molecule has 0 atom stereocenters. The number of hydrogen-bond donors (Lipinski definition) is 1. The largest absolute Gasteiger partial charge is 0.491 e. The molecule has 8 heteroatoms. The Morgan fingerprint density at radius 2 is 2.10 bits per heavy atom. The molecular formula is C23H27N3O3S2. The molecular weight excluding hydrogens is 430 g/mol. The van der Waals surface area contributed by atoms with E-state index in [0.29, 0.717) is 30.5 Å². The highest BCUT2D eigenvalue weighted by atomic mass is 32.2. The first-order valence-electron chi connectivity index (χ1n) is 10.6. The van der Waals surface area contributed by atoms with Gasteiger partial charge in [-0.3, -0.25) is 9.59 Å². The number of aromatic amines is 1. The minimum atomic E-state index is -0.0446. The third kappa shape index (κ3) is 5.13. The highest BCUT2D eigenvalue weighted by Crippen LogP contribution is 2.33. The zero-order valence-corrected chi connectivity index (χ0v) is 19.5. The molecule has 0 aliphatic heterocycles. The Balaban J connectivity index is 1.27. The van der Waals surface area contributed by atoms with E-state index in [-0.39, 0.29) is 11.5 Å². The maximum absolute atomic E-state index is 12.6. The van der Waals surface area contributed by atoms with Gasteiger partial charge in [0.05, 0.1) is 23.4 Å². The van der Waals surface area contributed by atoms with Crippen LogP contribution in [0.5, 0.6) is 5.75 Å². The van der Waals surface area contributed by atoms with Crippen LogP contribution in [-0.4, -0.2) is 46.7 Å². The molecule has 164 valence electrons. The smallest absolute Gasteiger partial charge is 0.259 e. The number of aromatic nitrogens is 2. The first-order valence-corrected chi connectivity index (χ1v) is 12.5. The van der Waals surface area contributed by atoms with Gasteiger partial charge in [-0.15, -0.1) is 23.1 Å². The summed E-state index contributed by atoms with van der Waals surface area (Å²) in [5, 5.41) is 0.776. The highest BCUT2D eigenvalue weighted by Gasteiger charge is 2.20. The zero-order valence-electron chi connectivity index (χ0n) is 17.9. The molecule has 2 aromatic heterocycles. The summed E-state index contributed by atoms with van der Waals surface area (Å²) in [5.41, 5.74) is 2.23. The van der Waals surface area contributed by atoms with E-state index in [1.807, 2.05) is 31.2 Å². The van der Waals surface area contributed by atoms with E-state index in [0.717, 1.165) is 40.8 Å². The molecule has 1 N–H and O–H groups in total. The van der Waals surface area contributed by atoms with Crippen LogP contribution in [0, 0.1) is 6.92 Å². The molecule has 0 unspecified atom stereocenters. The van der Waals surface area contributed by atoms with E-state index in [2.05, 4.69) is 9.97 Å². The lowest BCUT2D eigenvalue weighted by molar-refractivity contribution is -0.127. The summed E-state index contributed by atoms with van der Waals surface area (Å²) in [6.07, 6.45) is 4.35. The Morgan fingerprint density at radius 3 is 2.94 bits per heavy atom. The number of nitrogens with zero attached hydrogens (tertiary/aromatic N) is 2. The lowest BCUT2D eigenvalue weighted by Crippen LogP contribution is -2.32. The molecule has 4 rings (SSSR count). The van der Waals surface area contributed by atoms with E-state index >= 15 is 0 Å². The number of carbonyl (C=O) groups is 1. The van der Waals surface area contributed by atoms with Crippen molar-refractivity contribution in [1.82, 2.24) is 14.9 Å². The van der Waals surface area contributed by atoms with Crippen LogP contribution >= 0.6 is 23.1 Å². The van der Waals surface area contributed by atoms with Gasteiger partial charge in [-0.05, 0) is 49.8 Å². The minimum absolute atomic E-state index is 0.0356. The molecule has 0 saturated carbocycles. The van der Waals surface area contributed by atoms with Crippen LogP contribution < -0.4 is 10.3 Å². The lowest BCUT2D eigenvalue weighted by atomic mass is 9.97. The normalized spacial score (nSPS) is 13.2. The third-order valence-electron chi connectivity index (χ3n) is 5.54. The topological polar surface area (TPSA) is 75.3 Å². The molecule has 3 aromatic rings. The van der Waals surface area contributed by atoms with Crippen LogP contribution in [0.25, 0.3) is 10.2 Å². The number of para-hydroxylation sites is 1. The maximum atomic E-state index is 12.6. The fraction of sp³-hybridized carbons (Fsp3) is 0.435. The summed E-state index contributed by atoms with van der Waals surface area (Å²) in [7, 11) is 1.78. The van der Waals surface area contributed by atoms with E-state index in [1.165, 1.54) is 28.6 Å². The molecule has 0 radical (unpaired) electrons. The Bertz CT molecular complexity index is 1140. The second kappa shape index (κ2) is 9.87. The van der Waals surface area contributed by atoms with Crippen LogP contribution in [0.1, 0.15) is 34.7 Å². The Morgan fingerprint density at radius 1 is 1.29 bits per heavy atom. The van der Waals surface area contributed by atoms with Gasteiger partial charge < -0.3 is 14.6 Å². The maximum Gasteiger partial charge on any atom is 0.259 e. The van der Waals surface area contributed by atoms with Gasteiger partial charge >= 0.3 is 0 Å². The lowest BCUT2D eigenvalue weighted by Gasteiger charge is -2.17. The highest BCUT2D eigenvalue weighted by molar-refractivity contribution is 7.99. The molecule has 2 heterocycles. The van der Waals surface area contributed by atoms with Gasteiger partial charge in [0.1, 0.15) is 23.0 Å². The number of thioether (sulfide) groups is 1. The number of ether oxygens (including phenoxy) is 1. The van der Waals surface area contributed by atoms with Crippen molar-refractivity contribution in [3.05, 3.63) is 56.4 Å². The van der Waals surface area contributed by atoms with Crippen molar-refractivity contribution in [2.45, 2.75) is 38.4 Å². The molecule has 0 bridgehead atoms. The summed E-state index contributed by atoms with van der Waals surface area (Å²) in [6.45, 7) is 2.98. The van der Waals surface area contributed by atoms with Crippen LogP contribution in [0.3, 0.4) is 0 Å². The van der Waals surface area contributed by atoms with Crippen LogP contribution in [0.2, 0.25) is 0 Å². The summed E-state index contributed by atoms with van der Waals surface area (Å²) < 4.78 is 5.77. The van der Waals surface area contributed by atoms with Crippen LogP contribution in [0.4, 0.5) is 0 Å². The SMILES string of the molecule is Cc1ccccc1OCCN(C)C(=O)CSCc1nc2sc3c(c2c(=O)[nH]1)CCCC3. The number of amides is 1. The summed E-state index contributed by atoms with van der Waals surface area (Å²) in [6, 6.07) is 7.85. The fourth-order valence-corrected chi connectivity index (χ4v) is 5.87. The van der Waals surface area contributed by atoms with Crippen molar-refractivity contribution < 1.29 is 9.53 Å². The molecule has 1 aliphatic carbocycles. The monoisotopic (exact) mass is 457 g/mol. The minimum Gasteiger partial charge on any atom is -0.491 e. The molecule has 1 aromatic carbocycles. The number of likely N-dealkylation sites (N-methyl/N-ethyl adjacent to an activating group) is 1. The van der Waals surface area contributed by atoms with E-state index < -0.39 is 0 Å². The molecule has 6 nitrogen and oxygen atoms in total. The van der Waals surface area contributed by atoms with Crippen molar-refractivity contribution in [1.29, 1.82) is 0 Å².